The maximum Gasteiger partial charge on any atom is 0.280 e. The standard InChI is InChI=1S/C15H19N3O5/c19-11-12-10-13(5-6-14(12)18(21)22)23-9-3-4-15(20)16-17-7-1-2-8-17/h5-6,10-11H,1-4,7-9H2,(H,16,20). The van der Waals surface area contributed by atoms with Crippen molar-refractivity contribution in [3.63, 3.8) is 0 Å². The molecule has 0 radical (unpaired) electrons. The van der Waals surface area contributed by atoms with Gasteiger partial charge < -0.3 is 4.74 Å². The highest BCUT2D eigenvalue weighted by molar-refractivity contribution is 5.82. The maximum atomic E-state index is 11.7. The maximum absolute atomic E-state index is 11.7. The lowest BCUT2D eigenvalue weighted by atomic mass is 10.2. The van der Waals surface area contributed by atoms with E-state index in [0.29, 0.717) is 31.5 Å². The van der Waals surface area contributed by atoms with E-state index in [9.17, 15) is 19.7 Å². The van der Waals surface area contributed by atoms with Crippen LogP contribution in [0.5, 0.6) is 5.75 Å². The highest BCUT2D eigenvalue weighted by atomic mass is 16.6. The van der Waals surface area contributed by atoms with E-state index < -0.39 is 4.92 Å². The topological polar surface area (TPSA) is 102 Å². The number of hydrogen-bond donors (Lipinski definition) is 1. The molecule has 1 aromatic carbocycles. The molecule has 1 aliphatic heterocycles. The zero-order valence-corrected chi connectivity index (χ0v) is 12.7. The molecule has 8 nitrogen and oxygen atoms in total. The summed E-state index contributed by atoms with van der Waals surface area (Å²) in [5.74, 6) is 0.324. The Morgan fingerprint density at radius 3 is 2.78 bits per heavy atom. The zero-order chi connectivity index (χ0) is 16.7. The lowest BCUT2D eigenvalue weighted by Crippen LogP contribution is -2.39. The summed E-state index contributed by atoms with van der Waals surface area (Å²) in [4.78, 5) is 32.7. The first-order chi connectivity index (χ1) is 11.1. The van der Waals surface area contributed by atoms with Gasteiger partial charge in [0.1, 0.15) is 5.75 Å². The van der Waals surface area contributed by atoms with E-state index in [1.54, 1.807) is 0 Å². The highest BCUT2D eigenvalue weighted by Crippen LogP contribution is 2.22. The van der Waals surface area contributed by atoms with Crippen LogP contribution in [0.15, 0.2) is 18.2 Å². The fraction of sp³-hybridized carbons (Fsp3) is 0.467. The van der Waals surface area contributed by atoms with Crippen LogP contribution in [0.1, 0.15) is 36.0 Å². The Kier molecular flexibility index (Phi) is 6.04. The molecule has 1 heterocycles. The molecule has 1 aliphatic rings. The van der Waals surface area contributed by atoms with Crippen molar-refractivity contribution >= 4 is 17.9 Å². The molecule has 1 saturated heterocycles. The Hall–Kier alpha value is -2.48. The summed E-state index contributed by atoms with van der Waals surface area (Å²) in [6.45, 7) is 2.07. The first kappa shape index (κ1) is 16.9. The largest absolute Gasteiger partial charge is 0.494 e. The van der Waals surface area contributed by atoms with E-state index in [-0.39, 0.29) is 17.2 Å². The zero-order valence-electron chi connectivity index (χ0n) is 12.7. The van der Waals surface area contributed by atoms with Crippen molar-refractivity contribution in [3.05, 3.63) is 33.9 Å². The van der Waals surface area contributed by atoms with Crippen LogP contribution in [0.2, 0.25) is 0 Å². The van der Waals surface area contributed by atoms with Crippen molar-refractivity contribution in [1.29, 1.82) is 0 Å². The molecule has 2 rings (SSSR count). The molecule has 0 bridgehead atoms. The van der Waals surface area contributed by atoms with Crippen LogP contribution in [0.25, 0.3) is 0 Å². The lowest BCUT2D eigenvalue weighted by Gasteiger charge is -2.16. The van der Waals surface area contributed by atoms with E-state index in [0.717, 1.165) is 25.9 Å². The molecule has 0 atom stereocenters. The van der Waals surface area contributed by atoms with E-state index in [1.807, 2.05) is 5.01 Å². The van der Waals surface area contributed by atoms with E-state index in [4.69, 9.17) is 4.74 Å². The molecular formula is C15H19N3O5. The summed E-state index contributed by atoms with van der Waals surface area (Å²) in [6.07, 6.45) is 3.48. The van der Waals surface area contributed by atoms with Crippen LogP contribution in [0.4, 0.5) is 5.69 Å². The van der Waals surface area contributed by atoms with E-state index >= 15 is 0 Å². The minimum atomic E-state index is -0.615. The molecule has 0 aliphatic carbocycles. The van der Waals surface area contributed by atoms with Gasteiger partial charge in [0, 0.05) is 25.6 Å². The Labute approximate surface area is 133 Å². The number of rotatable bonds is 8. The number of carbonyl (C=O) groups excluding carboxylic acids is 2. The predicted molar refractivity (Wildman–Crippen MR) is 82.2 cm³/mol. The average Bonchev–Trinajstić information content (AvgIpc) is 3.04. The van der Waals surface area contributed by atoms with E-state index in [1.165, 1.54) is 18.2 Å². The second-order valence-corrected chi connectivity index (χ2v) is 5.28. The van der Waals surface area contributed by atoms with E-state index in [2.05, 4.69) is 5.43 Å². The third-order valence-corrected chi connectivity index (χ3v) is 3.53. The molecule has 0 spiro atoms. The number of nitro groups is 1. The van der Waals surface area contributed by atoms with Gasteiger partial charge in [0.25, 0.3) is 5.69 Å². The molecule has 124 valence electrons. The van der Waals surface area contributed by atoms with Crippen LogP contribution in [-0.4, -0.2) is 41.8 Å². The molecule has 0 saturated carbocycles. The molecule has 1 N–H and O–H groups in total. The fourth-order valence-electron chi connectivity index (χ4n) is 2.37. The van der Waals surface area contributed by atoms with Crippen molar-refractivity contribution in [2.75, 3.05) is 19.7 Å². The second-order valence-electron chi connectivity index (χ2n) is 5.28. The van der Waals surface area contributed by atoms with Gasteiger partial charge in [-0.25, -0.2) is 5.01 Å². The Balaban J connectivity index is 1.74. The normalized spacial score (nSPS) is 14.4. The number of aldehydes is 1. The second kappa shape index (κ2) is 8.23. The van der Waals surface area contributed by atoms with Gasteiger partial charge in [-0.2, -0.15) is 0 Å². The third kappa shape index (κ3) is 5.03. The van der Waals surface area contributed by atoms with Crippen LogP contribution in [0.3, 0.4) is 0 Å². The number of benzene rings is 1. The van der Waals surface area contributed by atoms with Crippen molar-refractivity contribution in [2.24, 2.45) is 0 Å². The quantitative estimate of drug-likeness (QED) is 0.338. The number of amides is 1. The average molecular weight is 321 g/mol. The van der Waals surface area contributed by atoms with Gasteiger partial charge >= 0.3 is 0 Å². The number of carbonyl (C=O) groups is 2. The van der Waals surface area contributed by atoms with Crippen LogP contribution in [-0.2, 0) is 4.79 Å². The summed E-state index contributed by atoms with van der Waals surface area (Å²) in [6, 6.07) is 4.00. The van der Waals surface area contributed by atoms with Crippen LogP contribution in [0, 0.1) is 10.1 Å². The monoisotopic (exact) mass is 321 g/mol. The summed E-state index contributed by atoms with van der Waals surface area (Å²) in [7, 11) is 0. The summed E-state index contributed by atoms with van der Waals surface area (Å²) >= 11 is 0. The van der Waals surface area contributed by atoms with Crippen LogP contribution < -0.4 is 10.2 Å². The number of hydrogen-bond acceptors (Lipinski definition) is 6. The number of ether oxygens (including phenoxy) is 1. The summed E-state index contributed by atoms with van der Waals surface area (Å²) in [5, 5.41) is 12.6. The Morgan fingerprint density at radius 2 is 2.13 bits per heavy atom. The van der Waals surface area contributed by atoms with Crippen molar-refractivity contribution < 1.29 is 19.2 Å². The molecule has 1 fully saturated rings. The van der Waals surface area contributed by atoms with Crippen molar-refractivity contribution in [2.45, 2.75) is 25.7 Å². The van der Waals surface area contributed by atoms with Gasteiger partial charge in [-0.3, -0.25) is 25.1 Å². The van der Waals surface area contributed by atoms with Crippen LogP contribution >= 0.6 is 0 Å². The first-order valence-corrected chi connectivity index (χ1v) is 7.51. The summed E-state index contributed by atoms with van der Waals surface area (Å²) < 4.78 is 5.43. The van der Waals surface area contributed by atoms with Gasteiger partial charge in [-0.1, -0.05) is 0 Å². The molecule has 8 heteroatoms. The first-order valence-electron chi connectivity index (χ1n) is 7.51. The Morgan fingerprint density at radius 1 is 1.39 bits per heavy atom. The van der Waals surface area contributed by atoms with Gasteiger partial charge in [0.15, 0.2) is 6.29 Å². The van der Waals surface area contributed by atoms with Crippen molar-refractivity contribution in [3.8, 4) is 5.75 Å². The predicted octanol–water partition coefficient (Wildman–Crippen LogP) is 1.69. The molecular weight excluding hydrogens is 302 g/mol. The fourth-order valence-corrected chi connectivity index (χ4v) is 2.37. The van der Waals surface area contributed by atoms with Gasteiger partial charge in [-0.05, 0) is 31.4 Å². The lowest BCUT2D eigenvalue weighted by molar-refractivity contribution is -0.385. The molecule has 0 aromatic heterocycles. The minimum absolute atomic E-state index is 0.0284. The molecule has 0 unspecified atom stereocenters. The van der Waals surface area contributed by atoms with Gasteiger partial charge in [-0.15, -0.1) is 0 Å². The number of hydrazine groups is 1. The Bertz CT molecular complexity index is 584. The van der Waals surface area contributed by atoms with Gasteiger partial charge in [0.05, 0.1) is 17.1 Å². The molecule has 1 amide bonds. The third-order valence-electron chi connectivity index (χ3n) is 3.53. The number of nitrogens with one attached hydrogen (secondary N) is 1. The van der Waals surface area contributed by atoms with Crippen molar-refractivity contribution in [1.82, 2.24) is 10.4 Å². The summed E-state index contributed by atoms with van der Waals surface area (Å²) in [5.41, 5.74) is 2.55. The SMILES string of the molecule is O=Cc1cc(OCCCC(=O)NN2CCCC2)ccc1[N+](=O)[O-]. The number of nitrogens with zero attached hydrogens (tertiary/aromatic N) is 2. The van der Waals surface area contributed by atoms with Gasteiger partial charge in [0.2, 0.25) is 5.91 Å². The molecule has 1 aromatic rings. The highest BCUT2D eigenvalue weighted by Gasteiger charge is 2.15. The number of nitro benzene ring substituents is 1. The smallest absolute Gasteiger partial charge is 0.280 e. The molecule has 23 heavy (non-hydrogen) atoms. The minimum Gasteiger partial charge on any atom is -0.494 e.